The topological polar surface area (TPSA) is 79.0 Å². The molecule has 0 fully saturated rings. The summed E-state index contributed by atoms with van der Waals surface area (Å²) in [4.78, 5) is 13.2. The summed E-state index contributed by atoms with van der Waals surface area (Å²) in [5.74, 6) is 0.118. The van der Waals surface area contributed by atoms with E-state index in [9.17, 15) is 4.79 Å². The zero-order valence-electron chi connectivity index (χ0n) is 17.9. The molecule has 0 heterocycles. The molecule has 0 saturated heterocycles. The molecule has 0 aromatic heterocycles. The number of azo groups is 2. The lowest BCUT2D eigenvalue weighted by atomic mass is 10.2. The highest BCUT2D eigenvalue weighted by atomic mass is 16.5. The Hall–Kier alpha value is -3.87. The zero-order valence-corrected chi connectivity index (χ0v) is 17.9. The summed E-state index contributed by atoms with van der Waals surface area (Å²) in [6, 6.07) is 22.2. The van der Waals surface area contributed by atoms with Gasteiger partial charge < -0.3 is 9.64 Å². The number of hydrogen-bond acceptors (Lipinski definition) is 7. The van der Waals surface area contributed by atoms with Gasteiger partial charge in [-0.05, 0) is 86.6 Å². The number of ether oxygens (including phenoxy) is 1. The molecule has 158 valence electrons. The summed E-state index contributed by atoms with van der Waals surface area (Å²) in [6.45, 7) is 7.59. The number of anilines is 1. The van der Waals surface area contributed by atoms with Crippen LogP contribution in [0.3, 0.4) is 0 Å². The van der Waals surface area contributed by atoms with Crippen LogP contribution >= 0.6 is 0 Å². The van der Waals surface area contributed by atoms with E-state index in [4.69, 9.17) is 4.74 Å². The smallest absolute Gasteiger partial charge is 0.308 e. The second-order valence-corrected chi connectivity index (χ2v) is 6.69. The molecule has 0 saturated carbocycles. The Morgan fingerprint density at radius 3 is 1.39 bits per heavy atom. The molecule has 0 unspecified atom stereocenters. The van der Waals surface area contributed by atoms with Gasteiger partial charge in [0.25, 0.3) is 0 Å². The number of esters is 1. The average molecular weight is 415 g/mol. The van der Waals surface area contributed by atoms with Crippen molar-refractivity contribution in [1.82, 2.24) is 0 Å². The van der Waals surface area contributed by atoms with Crippen LogP contribution in [0.2, 0.25) is 0 Å². The third-order valence-corrected chi connectivity index (χ3v) is 4.49. The predicted molar refractivity (Wildman–Crippen MR) is 123 cm³/mol. The Morgan fingerprint density at radius 1 is 0.677 bits per heavy atom. The van der Waals surface area contributed by atoms with Gasteiger partial charge in [-0.1, -0.05) is 0 Å². The van der Waals surface area contributed by atoms with Gasteiger partial charge in [0.15, 0.2) is 0 Å². The summed E-state index contributed by atoms with van der Waals surface area (Å²) in [5.41, 5.74) is 4.08. The fraction of sp³-hybridized carbons (Fsp3) is 0.208. The van der Waals surface area contributed by atoms with Crippen molar-refractivity contribution in [2.24, 2.45) is 20.5 Å². The second kappa shape index (κ2) is 10.8. The number of nitrogens with zero attached hydrogens (tertiary/aromatic N) is 5. The van der Waals surface area contributed by atoms with Gasteiger partial charge in [0, 0.05) is 25.7 Å². The molecule has 0 amide bonds. The van der Waals surface area contributed by atoms with E-state index in [1.54, 1.807) is 24.3 Å². The summed E-state index contributed by atoms with van der Waals surface area (Å²) < 4.78 is 4.99. The highest BCUT2D eigenvalue weighted by Gasteiger charge is 2.01. The van der Waals surface area contributed by atoms with Gasteiger partial charge in [-0.25, -0.2) is 0 Å². The van der Waals surface area contributed by atoms with Crippen molar-refractivity contribution in [2.45, 2.75) is 20.8 Å². The number of hydrogen-bond donors (Lipinski definition) is 0. The first-order chi connectivity index (χ1) is 15.1. The van der Waals surface area contributed by atoms with E-state index < -0.39 is 0 Å². The van der Waals surface area contributed by atoms with Crippen molar-refractivity contribution in [1.29, 1.82) is 0 Å². The Labute approximate surface area is 182 Å². The number of benzene rings is 3. The highest BCUT2D eigenvalue weighted by molar-refractivity contribution is 5.69. The van der Waals surface area contributed by atoms with E-state index in [0.29, 0.717) is 17.1 Å². The molecular formula is C24H25N5O2. The molecular weight excluding hydrogens is 390 g/mol. The van der Waals surface area contributed by atoms with Gasteiger partial charge in [0.2, 0.25) is 0 Å². The van der Waals surface area contributed by atoms with E-state index in [2.05, 4.69) is 51.3 Å². The fourth-order valence-corrected chi connectivity index (χ4v) is 2.88. The van der Waals surface area contributed by atoms with Gasteiger partial charge in [-0.15, -0.1) is 0 Å². The van der Waals surface area contributed by atoms with Crippen molar-refractivity contribution in [3.63, 3.8) is 0 Å². The molecule has 0 spiro atoms. The largest absolute Gasteiger partial charge is 0.427 e. The summed E-state index contributed by atoms with van der Waals surface area (Å²) >= 11 is 0. The minimum atomic E-state index is -0.358. The van der Waals surface area contributed by atoms with E-state index in [1.165, 1.54) is 12.6 Å². The molecule has 3 aromatic carbocycles. The molecule has 0 aliphatic rings. The Morgan fingerprint density at radius 2 is 1.03 bits per heavy atom. The zero-order chi connectivity index (χ0) is 22.1. The van der Waals surface area contributed by atoms with Crippen LogP contribution in [-0.2, 0) is 4.79 Å². The molecule has 0 N–H and O–H groups in total. The van der Waals surface area contributed by atoms with Crippen molar-refractivity contribution >= 4 is 34.4 Å². The molecule has 0 bridgehead atoms. The molecule has 0 radical (unpaired) electrons. The molecule has 3 aromatic rings. The van der Waals surface area contributed by atoms with E-state index in [-0.39, 0.29) is 5.97 Å². The SMILES string of the molecule is CCN(CC)c1ccc(N=Nc2ccc(N=Nc3ccc(OC(C)=O)cc3)cc2)cc1. The van der Waals surface area contributed by atoms with E-state index >= 15 is 0 Å². The van der Waals surface area contributed by atoms with Crippen LogP contribution in [0.5, 0.6) is 5.75 Å². The first-order valence-corrected chi connectivity index (χ1v) is 10.1. The van der Waals surface area contributed by atoms with Crippen LogP contribution in [0, 0.1) is 0 Å². The van der Waals surface area contributed by atoms with Crippen LogP contribution in [0.25, 0.3) is 0 Å². The highest BCUT2D eigenvalue weighted by Crippen LogP contribution is 2.25. The first-order valence-electron chi connectivity index (χ1n) is 10.1. The predicted octanol–water partition coefficient (Wildman–Crippen LogP) is 7.29. The number of rotatable bonds is 8. The van der Waals surface area contributed by atoms with Gasteiger partial charge in [0.05, 0.1) is 22.7 Å². The van der Waals surface area contributed by atoms with Crippen molar-refractivity contribution in [3.05, 3.63) is 72.8 Å². The third kappa shape index (κ3) is 6.57. The lowest BCUT2D eigenvalue weighted by Gasteiger charge is -2.20. The minimum Gasteiger partial charge on any atom is -0.427 e. The molecule has 7 heteroatoms. The summed E-state index contributed by atoms with van der Waals surface area (Å²) in [5, 5.41) is 17.0. The second-order valence-electron chi connectivity index (χ2n) is 6.69. The van der Waals surface area contributed by atoms with Gasteiger partial charge in [-0.3, -0.25) is 4.79 Å². The van der Waals surface area contributed by atoms with Gasteiger partial charge in [-0.2, -0.15) is 20.5 Å². The maximum atomic E-state index is 10.9. The standard InChI is InChI=1S/C24H25N5O2/c1-4-29(5-2)23-14-10-21(11-15-23)27-25-19-6-8-20(9-7-19)26-28-22-12-16-24(17-13-22)31-18(3)30/h6-17H,4-5H2,1-3H3. The number of carbonyl (C=O) groups is 1. The van der Waals surface area contributed by atoms with E-state index in [1.807, 2.05) is 36.4 Å². The molecule has 3 rings (SSSR count). The Bertz CT molecular complexity index is 1040. The minimum absolute atomic E-state index is 0.358. The molecule has 0 atom stereocenters. The maximum Gasteiger partial charge on any atom is 0.308 e. The quantitative estimate of drug-likeness (QED) is 0.220. The van der Waals surface area contributed by atoms with Gasteiger partial charge >= 0.3 is 5.97 Å². The fourth-order valence-electron chi connectivity index (χ4n) is 2.88. The monoisotopic (exact) mass is 415 g/mol. The van der Waals surface area contributed by atoms with Gasteiger partial charge in [0.1, 0.15) is 5.75 Å². The van der Waals surface area contributed by atoms with Crippen LogP contribution < -0.4 is 9.64 Å². The van der Waals surface area contributed by atoms with Crippen LogP contribution in [0.4, 0.5) is 28.4 Å². The average Bonchev–Trinajstić information content (AvgIpc) is 2.79. The lowest BCUT2D eigenvalue weighted by Crippen LogP contribution is -2.21. The molecule has 31 heavy (non-hydrogen) atoms. The normalized spacial score (nSPS) is 11.2. The van der Waals surface area contributed by atoms with Crippen LogP contribution in [0.1, 0.15) is 20.8 Å². The van der Waals surface area contributed by atoms with Crippen LogP contribution in [-0.4, -0.2) is 19.1 Å². The lowest BCUT2D eigenvalue weighted by molar-refractivity contribution is -0.131. The maximum absolute atomic E-state index is 10.9. The molecule has 0 aliphatic carbocycles. The third-order valence-electron chi connectivity index (χ3n) is 4.49. The molecule has 0 aliphatic heterocycles. The Kier molecular flexibility index (Phi) is 7.59. The summed E-state index contributed by atoms with van der Waals surface area (Å²) in [7, 11) is 0. The van der Waals surface area contributed by atoms with Crippen LogP contribution in [0.15, 0.2) is 93.3 Å². The van der Waals surface area contributed by atoms with Crippen molar-refractivity contribution in [2.75, 3.05) is 18.0 Å². The van der Waals surface area contributed by atoms with E-state index in [0.717, 1.165) is 24.5 Å². The summed E-state index contributed by atoms with van der Waals surface area (Å²) in [6.07, 6.45) is 0. The van der Waals surface area contributed by atoms with Crippen molar-refractivity contribution < 1.29 is 9.53 Å². The van der Waals surface area contributed by atoms with Crippen molar-refractivity contribution in [3.8, 4) is 5.75 Å². The molecule has 7 nitrogen and oxygen atoms in total. The Balaban J connectivity index is 1.59. The number of carbonyl (C=O) groups excluding carboxylic acids is 1. The first kappa shape index (κ1) is 21.8.